The van der Waals surface area contributed by atoms with E-state index < -0.39 is 11.2 Å². The van der Waals surface area contributed by atoms with E-state index in [1.54, 1.807) is 21.3 Å². The van der Waals surface area contributed by atoms with E-state index in [0.717, 1.165) is 6.32 Å². The zero-order valence-electron chi connectivity index (χ0n) is 11.4. The molecule has 0 aliphatic heterocycles. The van der Waals surface area contributed by atoms with Crippen molar-refractivity contribution in [2.24, 2.45) is 0 Å². The molecule has 17 heavy (non-hydrogen) atoms. The van der Waals surface area contributed by atoms with E-state index in [2.05, 4.69) is 31.2 Å². The van der Waals surface area contributed by atoms with Gasteiger partial charge in [0, 0.05) is 0 Å². The highest BCUT2D eigenvalue weighted by molar-refractivity contribution is 6.26. The van der Waals surface area contributed by atoms with E-state index in [1.807, 2.05) is 13.8 Å². The summed E-state index contributed by atoms with van der Waals surface area (Å²) < 4.78 is 5.65. The lowest BCUT2D eigenvalue weighted by Gasteiger charge is -2.37. The average molecular weight is 233 g/mol. The predicted octanol–water partition coefficient (Wildman–Crippen LogP) is 2.68. The zero-order valence-corrected chi connectivity index (χ0v) is 11.4. The minimum atomic E-state index is -0.864. The Labute approximate surface area is 105 Å². The van der Waals surface area contributed by atoms with Crippen molar-refractivity contribution in [1.29, 1.82) is 0 Å². The van der Waals surface area contributed by atoms with Gasteiger partial charge in [0.05, 0.1) is 11.2 Å². The van der Waals surface area contributed by atoms with Gasteiger partial charge in [-0.3, -0.25) is 0 Å². The largest absolute Gasteiger partial charge is 0.433 e. The molecule has 0 saturated carbocycles. The average Bonchev–Trinajstić information content (AvgIpc) is 2.19. The van der Waals surface area contributed by atoms with Gasteiger partial charge in [-0.15, -0.1) is 0 Å². The van der Waals surface area contributed by atoms with Crippen LogP contribution in [-0.2, 0) is 11.0 Å². The van der Waals surface area contributed by atoms with Crippen LogP contribution in [0.15, 0.2) is 24.3 Å². The molecule has 1 aromatic rings. The summed E-state index contributed by atoms with van der Waals surface area (Å²) in [6, 6.07) is 8.35. The Kier molecular flexibility index (Phi) is 4.39. The minimum absolute atomic E-state index is 0.586. The van der Waals surface area contributed by atoms with E-state index in [9.17, 15) is 5.11 Å². The van der Waals surface area contributed by atoms with Crippen molar-refractivity contribution in [2.75, 3.05) is 0 Å². The van der Waals surface area contributed by atoms with Gasteiger partial charge in [-0.05, 0) is 40.9 Å². The molecule has 0 heterocycles. The molecule has 93 valence electrons. The molecule has 1 aromatic carbocycles. The molecule has 2 nitrogen and oxygen atoms in total. The van der Waals surface area contributed by atoms with Crippen molar-refractivity contribution < 1.29 is 9.76 Å². The number of benzene rings is 1. The van der Waals surface area contributed by atoms with Crippen LogP contribution in [0.5, 0.6) is 0 Å². The van der Waals surface area contributed by atoms with Gasteiger partial charge in [0.1, 0.15) is 0 Å². The topological polar surface area (TPSA) is 29.5 Å². The Morgan fingerprint density at radius 1 is 1.12 bits per heavy atom. The monoisotopic (exact) mass is 233 g/mol. The second kappa shape index (κ2) is 5.24. The predicted molar refractivity (Wildman–Crippen MR) is 72.1 cm³/mol. The highest BCUT2D eigenvalue weighted by Gasteiger charge is 2.35. The minimum Gasteiger partial charge on any atom is -0.433 e. The van der Waals surface area contributed by atoms with Crippen LogP contribution in [0.1, 0.15) is 38.8 Å². The van der Waals surface area contributed by atoms with Gasteiger partial charge in [-0.25, -0.2) is 0 Å². The van der Waals surface area contributed by atoms with Gasteiger partial charge < -0.3 is 9.76 Å². The molecule has 0 aliphatic carbocycles. The molecule has 1 rings (SSSR count). The lowest BCUT2D eigenvalue weighted by molar-refractivity contribution is -0.0904. The van der Waals surface area contributed by atoms with Crippen molar-refractivity contribution >= 4 is 7.48 Å². The quantitative estimate of drug-likeness (QED) is 0.792. The van der Waals surface area contributed by atoms with Crippen molar-refractivity contribution in [1.82, 2.24) is 0 Å². The van der Waals surface area contributed by atoms with Gasteiger partial charge >= 0.3 is 0 Å². The van der Waals surface area contributed by atoms with Crippen LogP contribution in [0.2, 0.25) is 0 Å². The smallest absolute Gasteiger partial charge is 0.297 e. The van der Waals surface area contributed by atoms with Crippen LogP contribution < -0.4 is 0 Å². The molecule has 0 fully saturated rings. The maximum absolute atomic E-state index is 9.93. The highest BCUT2D eigenvalue weighted by Crippen LogP contribution is 2.24. The lowest BCUT2D eigenvalue weighted by atomic mass is 9.83. The molecular weight excluding hydrogens is 211 g/mol. The first-order valence-electron chi connectivity index (χ1n) is 6.00. The van der Waals surface area contributed by atoms with E-state index in [-0.39, 0.29) is 0 Å². The fraction of sp³-hybridized carbons (Fsp3) is 0.571. The molecular formula is C14H22BO2. The summed E-state index contributed by atoms with van der Waals surface area (Å²) in [4.78, 5) is 0. The Morgan fingerprint density at radius 2 is 1.65 bits per heavy atom. The van der Waals surface area contributed by atoms with Crippen LogP contribution in [0.4, 0.5) is 0 Å². The van der Waals surface area contributed by atoms with Gasteiger partial charge in [0.2, 0.25) is 0 Å². The Bertz CT molecular complexity index is 349. The normalized spacial score (nSPS) is 12.6. The van der Waals surface area contributed by atoms with Crippen LogP contribution in [0.25, 0.3) is 0 Å². The Balaban J connectivity index is 2.45. The van der Waals surface area contributed by atoms with Gasteiger partial charge in [0.25, 0.3) is 7.48 Å². The first-order valence-corrected chi connectivity index (χ1v) is 6.00. The van der Waals surface area contributed by atoms with Crippen molar-refractivity contribution in [3.63, 3.8) is 0 Å². The van der Waals surface area contributed by atoms with Crippen molar-refractivity contribution in [2.45, 2.75) is 52.1 Å². The van der Waals surface area contributed by atoms with Gasteiger partial charge in [0.15, 0.2) is 0 Å². The molecule has 0 spiro atoms. The summed E-state index contributed by atoms with van der Waals surface area (Å²) in [5.74, 6) is 0. The van der Waals surface area contributed by atoms with E-state index in [1.165, 1.54) is 11.1 Å². The molecule has 1 radical (unpaired) electrons. The van der Waals surface area contributed by atoms with Crippen LogP contribution in [0, 0.1) is 6.92 Å². The number of aliphatic hydroxyl groups is 1. The summed E-state index contributed by atoms with van der Waals surface area (Å²) in [5, 5.41) is 9.93. The van der Waals surface area contributed by atoms with Gasteiger partial charge in [-0.1, -0.05) is 35.4 Å². The molecule has 0 atom stereocenters. The Hall–Kier alpha value is -0.795. The van der Waals surface area contributed by atoms with Crippen molar-refractivity contribution in [3.8, 4) is 0 Å². The number of hydrogen-bond acceptors (Lipinski definition) is 2. The zero-order chi connectivity index (χ0) is 13.1. The second-order valence-electron chi connectivity index (χ2n) is 5.54. The SMILES string of the molecule is Cc1ccc(C[B]OC(C)(C)C(C)(C)O)cc1. The molecule has 0 saturated heterocycles. The maximum atomic E-state index is 9.93. The summed E-state index contributed by atoms with van der Waals surface area (Å²) >= 11 is 0. The molecule has 3 heteroatoms. The van der Waals surface area contributed by atoms with Crippen LogP contribution >= 0.6 is 0 Å². The molecule has 1 N–H and O–H groups in total. The first-order chi connectivity index (χ1) is 7.72. The van der Waals surface area contributed by atoms with E-state index in [4.69, 9.17) is 4.65 Å². The summed E-state index contributed by atoms with van der Waals surface area (Å²) in [5.41, 5.74) is 1.02. The first kappa shape index (κ1) is 14.3. The molecule has 0 amide bonds. The molecule has 0 bridgehead atoms. The number of rotatable bonds is 5. The molecule has 0 aromatic heterocycles. The highest BCUT2D eigenvalue weighted by atomic mass is 16.5. The summed E-state index contributed by atoms with van der Waals surface area (Å²) in [7, 11) is 1.77. The summed E-state index contributed by atoms with van der Waals surface area (Å²) in [6.45, 7) is 9.36. The van der Waals surface area contributed by atoms with Crippen LogP contribution in [-0.4, -0.2) is 23.8 Å². The van der Waals surface area contributed by atoms with E-state index >= 15 is 0 Å². The number of aryl methyl sites for hydroxylation is 1. The lowest BCUT2D eigenvalue weighted by Crippen LogP contribution is -2.48. The maximum Gasteiger partial charge on any atom is 0.297 e. The van der Waals surface area contributed by atoms with Crippen LogP contribution in [0.3, 0.4) is 0 Å². The Morgan fingerprint density at radius 3 is 2.12 bits per heavy atom. The van der Waals surface area contributed by atoms with E-state index in [0.29, 0.717) is 0 Å². The second-order valence-corrected chi connectivity index (χ2v) is 5.54. The molecule has 0 aliphatic rings. The third-order valence-corrected chi connectivity index (χ3v) is 3.29. The summed E-state index contributed by atoms with van der Waals surface area (Å²) in [6.07, 6.45) is 0.750. The van der Waals surface area contributed by atoms with Gasteiger partial charge in [-0.2, -0.15) is 0 Å². The standard InChI is InChI=1S/C14H22BO2/c1-11-6-8-12(9-7-11)10-15-17-14(4,5)13(2,3)16/h6-9,16H,10H2,1-5H3. The third kappa shape index (κ3) is 4.17. The fourth-order valence-electron chi connectivity index (χ4n) is 1.21. The third-order valence-electron chi connectivity index (χ3n) is 3.29. The number of hydrogen-bond donors (Lipinski definition) is 1. The fourth-order valence-corrected chi connectivity index (χ4v) is 1.21. The van der Waals surface area contributed by atoms with Crippen molar-refractivity contribution in [3.05, 3.63) is 35.4 Å². The molecule has 0 unspecified atom stereocenters.